The molecule has 2 N–H and O–H groups in total. The molecule has 0 unspecified atom stereocenters. The molecular weight excluding hydrogens is 377 g/mol. The Morgan fingerprint density at radius 1 is 1.04 bits per heavy atom. The predicted molar refractivity (Wildman–Crippen MR) is 98.0 cm³/mol. The Labute approximate surface area is 160 Å². The van der Waals surface area contributed by atoms with E-state index in [1.165, 1.54) is 20.3 Å². The second kappa shape index (κ2) is 9.20. The fraction of sp³-hybridized carbons (Fsp3) is 0.316. The van der Waals surface area contributed by atoms with Crippen molar-refractivity contribution in [1.29, 1.82) is 0 Å². The van der Waals surface area contributed by atoms with Crippen LogP contribution in [0.5, 0.6) is 17.2 Å². The number of alkyl halides is 3. The molecule has 2 rings (SSSR count). The van der Waals surface area contributed by atoms with Gasteiger partial charge in [0.1, 0.15) is 5.75 Å². The molecular formula is C19H21F3N2O4. The third-order valence-corrected chi connectivity index (χ3v) is 3.76. The normalized spacial score (nSPS) is 10.9. The molecule has 2 amide bonds. The topological polar surface area (TPSA) is 68.8 Å². The van der Waals surface area contributed by atoms with Gasteiger partial charge in [0.25, 0.3) is 0 Å². The van der Waals surface area contributed by atoms with Gasteiger partial charge in [0.2, 0.25) is 0 Å². The van der Waals surface area contributed by atoms with E-state index in [2.05, 4.69) is 10.6 Å². The van der Waals surface area contributed by atoms with E-state index in [0.717, 1.165) is 12.1 Å². The second-order valence-corrected chi connectivity index (χ2v) is 5.64. The molecule has 0 bridgehead atoms. The van der Waals surface area contributed by atoms with Gasteiger partial charge in [0.15, 0.2) is 11.5 Å². The zero-order valence-corrected chi connectivity index (χ0v) is 15.6. The highest BCUT2D eigenvalue weighted by Crippen LogP contribution is 2.37. The molecule has 2 aromatic rings. The number of ether oxygens (including phenoxy) is 3. The van der Waals surface area contributed by atoms with Crippen molar-refractivity contribution in [2.24, 2.45) is 0 Å². The lowest BCUT2D eigenvalue weighted by molar-refractivity contribution is -0.137. The number of urea groups is 1. The van der Waals surface area contributed by atoms with E-state index in [-0.39, 0.29) is 24.6 Å². The molecule has 6 nitrogen and oxygen atoms in total. The summed E-state index contributed by atoms with van der Waals surface area (Å²) in [6.07, 6.45) is -4.64. The molecule has 0 saturated carbocycles. The summed E-state index contributed by atoms with van der Waals surface area (Å²) in [6, 6.07) is 7.64. The first-order valence-electron chi connectivity index (χ1n) is 8.38. The van der Waals surface area contributed by atoms with Crippen molar-refractivity contribution in [3.05, 3.63) is 47.5 Å². The van der Waals surface area contributed by atoms with E-state index in [1.807, 2.05) is 0 Å². The van der Waals surface area contributed by atoms with Crippen LogP contribution in [0.3, 0.4) is 0 Å². The zero-order valence-electron chi connectivity index (χ0n) is 15.6. The molecule has 0 aliphatic carbocycles. The molecule has 152 valence electrons. The van der Waals surface area contributed by atoms with Gasteiger partial charge in [-0.05, 0) is 42.8 Å². The highest BCUT2D eigenvalue weighted by atomic mass is 19.4. The number of benzene rings is 2. The first kappa shape index (κ1) is 21.2. The number of hydrogen-bond donors (Lipinski definition) is 2. The first-order valence-corrected chi connectivity index (χ1v) is 8.38. The van der Waals surface area contributed by atoms with Gasteiger partial charge in [-0.1, -0.05) is 6.07 Å². The quantitative estimate of drug-likeness (QED) is 0.723. The maximum Gasteiger partial charge on any atom is 0.418 e. The summed E-state index contributed by atoms with van der Waals surface area (Å²) >= 11 is 0. The average molecular weight is 398 g/mol. The first-order chi connectivity index (χ1) is 13.3. The third-order valence-electron chi connectivity index (χ3n) is 3.76. The Bertz CT molecular complexity index is 825. The summed E-state index contributed by atoms with van der Waals surface area (Å²) in [5.41, 5.74) is -0.656. The van der Waals surface area contributed by atoms with E-state index < -0.39 is 17.8 Å². The van der Waals surface area contributed by atoms with Crippen LogP contribution in [0.1, 0.15) is 18.1 Å². The Hall–Kier alpha value is -3.10. The number of rotatable bonds is 7. The third kappa shape index (κ3) is 5.45. The van der Waals surface area contributed by atoms with Gasteiger partial charge >= 0.3 is 12.2 Å². The van der Waals surface area contributed by atoms with Crippen molar-refractivity contribution in [2.45, 2.75) is 19.6 Å². The maximum atomic E-state index is 13.3. The molecule has 0 aliphatic heterocycles. The van der Waals surface area contributed by atoms with Crippen LogP contribution in [0.15, 0.2) is 36.4 Å². The van der Waals surface area contributed by atoms with Gasteiger partial charge in [-0.2, -0.15) is 13.2 Å². The Balaban J connectivity index is 2.09. The molecule has 0 fully saturated rings. The fourth-order valence-corrected chi connectivity index (χ4v) is 2.46. The SMILES string of the molecule is CCOc1ccc(NC(=O)NCc2ccc(OC)c(OC)c2)c(C(F)(F)F)c1. The fourth-order valence-electron chi connectivity index (χ4n) is 2.46. The van der Waals surface area contributed by atoms with E-state index in [9.17, 15) is 18.0 Å². The summed E-state index contributed by atoms with van der Waals surface area (Å²) in [7, 11) is 2.98. The van der Waals surface area contributed by atoms with Crippen molar-refractivity contribution in [1.82, 2.24) is 5.32 Å². The molecule has 0 spiro atoms. The van der Waals surface area contributed by atoms with Crippen LogP contribution < -0.4 is 24.8 Å². The van der Waals surface area contributed by atoms with Crippen molar-refractivity contribution < 1.29 is 32.2 Å². The van der Waals surface area contributed by atoms with Crippen LogP contribution in [0.4, 0.5) is 23.7 Å². The van der Waals surface area contributed by atoms with Crippen LogP contribution in [-0.4, -0.2) is 26.9 Å². The molecule has 9 heteroatoms. The van der Waals surface area contributed by atoms with E-state index in [0.29, 0.717) is 17.1 Å². The highest BCUT2D eigenvalue weighted by molar-refractivity contribution is 5.90. The lowest BCUT2D eigenvalue weighted by atomic mass is 10.1. The number of carbonyl (C=O) groups is 1. The van der Waals surface area contributed by atoms with Crippen molar-refractivity contribution >= 4 is 11.7 Å². The number of carbonyl (C=O) groups excluding carboxylic acids is 1. The largest absolute Gasteiger partial charge is 0.494 e. The number of nitrogens with one attached hydrogen (secondary N) is 2. The molecule has 0 atom stereocenters. The van der Waals surface area contributed by atoms with Gasteiger partial charge < -0.3 is 24.8 Å². The molecule has 28 heavy (non-hydrogen) atoms. The summed E-state index contributed by atoms with van der Waals surface area (Å²) in [5.74, 6) is 1.08. The molecule has 0 saturated heterocycles. The van der Waals surface area contributed by atoms with Gasteiger partial charge in [0.05, 0.1) is 32.1 Å². The molecule has 0 radical (unpaired) electrons. The molecule has 0 heterocycles. The smallest absolute Gasteiger partial charge is 0.418 e. The zero-order chi connectivity index (χ0) is 20.7. The lowest BCUT2D eigenvalue weighted by Crippen LogP contribution is -2.29. The summed E-state index contributed by atoms with van der Waals surface area (Å²) in [6.45, 7) is 1.99. The minimum Gasteiger partial charge on any atom is -0.494 e. The lowest BCUT2D eigenvalue weighted by Gasteiger charge is -2.16. The Kier molecular flexibility index (Phi) is 6.97. The minimum atomic E-state index is -4.64. The van der Waals surface area contributed by atoms with Gasteiger partial charge in [0, 0.05) is 6.54 Å². The number of hydrogen-bond acceptors (Lipinski definition) is 4. The number of anilines is 1. The van der Waals surface area contributed by atoms with Crippen LogP contribution in [0, 0.1) is 0 Å². The predicted octanol–water partition coefficient (Wildman–Crippen LogP) is 4.44. The van der Waals surface area contributed by atoms with Crippen molar-refractivity contribution in [2.75, 3.05) is 26.1 Å². The Morgan fingerprint density at radius 3 is 2.36 bits per heavy atom. The van der Waals surface area contributed by atoms with Gasteiger partial charge in [-0.3, -0.25) is 0 Å². The van der Waals surface area contributed by atoms with E-state index in [4.69, 9.17) is 14.2 Å². The maximum absolute atomic E-state index is 13.3. The van der Waals surface area contributed by atoms with Crippen LogP contribution >= 0.6 is 0 Å². The molecule has 0 aliphatic rings. The van der Waals surface area contributed by atoms with E-state index >= 15 is 0 Å². The monoisotopic (exact) mass is 398 g/mol. The summed E-state index contributed by atoms with van der Waals surface area (Å²) in [5, 5.41) is 4.74. The van der Waals surface area contributed by atoms with Crippen molar-refractivity contribution in [3.63, 3.8) is 0 Å². The van der Waals surface area contributed by atoms with E-state index in [1.54, 1.807) is 25.1 Å². The van der Waals surface area contributed by atoms with Crippen LogP contribution in [0.25, 0.3) is 0 Å². The van der Waals surface area contributed by atoms with Crippen LogP contribution in [0.2, 0.25) is 0 Å². The average Bonchev–Trinajstić information content (AvgIpc) is 2.66. The number of halogens is 3. The van der Waals surface area contributed by atoms with Gasteiger partial charge in [-0.15, -0.1) is 0 Å². The summed E-state index contributed by atoms with van der Waals surface area (Å²) < 4.78 is 55.2. The minimum absolute atomic E-state index is 0.0751. The Morgan fingerprint density at radius 2 is 1.75 bits per heavy atom. The molecule has 2 aromatic carbocycles. The van der Waals surface area contributed by atoms with Crippen LogP contribution in [-0.2, 0) is 12.7 Å². The van der Waals surface area contributed by atoms with Crippen molar-refractivity contribution in [3.8, 4) is 17.2 Å². The molecule has 0 aromatic heterocycles. The summed E-state index contributed by atoms with van der Waals surface area (Å²) in [4.78, 5) is 12.1. The standard InChI is InChI=1S/C19H21F3N2O4/c1-4-28-13-6-7-15(14(10-13)19(20,21)22)24-18(25)23-11-12-5-8-16(26-2)17(9-12)27-3/h5-10H,4,11H2,1-3H3,(H2,23,24,25). The second-order valence-electron chi connectivity index (χ2n) is 5.64. The number of methoxy groups -OCH3 is 2. The highest BCUT2D eigenvalue weighted by Gasteiger charge is 2.34. The van der Waals surface area contributed by atoms with Gasteiger partial charge in [-0.25, -0.2) is 4.79 Å². The number of amides is 2.